The average molecular weight is 421 g/mol. The molecule has 180 valence electrons. The molecule has 0 heteroatoms. The first-order valence-corrected chi connectivity index (χ1v) is 14.3. The fourth-order valence-corrected chi connectivity index (χ4v) is 6.23. The van der Waals surface area contributed by atoms with E-state index in [0.29, 0.717) is 16.2 Å². The van der Waals surface area contributed by atoms with Gasteiger partial charge in [-0.25, -0.2) is 0 Å². The highest BCUT2D eigenvalue weighted by Gasteiger charge is 2.42. The van der Waals surface area contributed by atoms with Gasteiger partial charge in [-0.05, 0) is 54.8 Å². The van der Waals surface area contributed by atoms with Gasteiger partial charge in [-0.15, -0.1) is 0 Å². The van der Waals surface area contributed by atoms with E-state index in [0.717, 1.165) is 0 Å². The molecular weight excluding hydrogens is 360 g/mol. The van der Waals surface area contributed by atoms with Crippen molar-refractivity contribution in [3.05, 3.63) is 0 Å². The summed E-state index contributed by atoms with van der Waals surface area (Å²) in [6.07, 6.45) is 30.4. The molecule has 2 atom stereocenters. The number of hydrogen-bond acceptors (Lipinski definition) is 0. The molecule has 0 N–H and O–H groups in total. The van der Waals surface area contributed by atoms with Gasteiger partial charge in [-0.2, -0.15) is 0 Å². The summed E-state index contributed by atoms with van der Waals surface area (Å²) in [4.78, 5) is 0. The van der Waals surface area contributed by atoms with E-state index in [1.165, 1.54) is 135 Å². The highest BCUT2D eigenvalue weighted by atomic mass is 14.5. The van der Waals surface area contributed by atoms with Crippen molar-refractivity contribution in [3.8, 4) is 0 Å². The van der Waals surface area contributed by atoms with Crippen LogP contribution in [0.15, 0.2) is 0 Å². The second-order valence-electron chi connectivity index (χ2n) is 12.4. The molecule has 30 heavy (non-hydrogen) atoms. The Morgan fingerprint density at radius 2 is 0.933 bits per heavy atom. The zero-order chi connectivity index (χ0) is 22.3. The van der Waals surface area contributed by atoms with Crippen LogP contribution in [0.4, 0.5) is 0 Å². The van der Waals surface area contributed by atoms with Gasteiger partial charge in [0.2, 0.25) is 0 Å². The van der Waals surface area contributed by atoms with Crippen molar-refractivity contribution >= 4 is 0 Å². The van der Waals surface area contributed by atoms with Crippen molar-refractivity contribution in [3.63, 3.8) is 0 Å². The fourth-order valence-electron chi connectivity index (χ4n) is 6.23. The van der Waals surface area contributed by atoms with Crippen LogP contribution in [-0.4, -0.2) is 0 Å². The van der Waals surface area contributed by atoms with Crippen molar-refractivity contribution < 1.29 is 0 Å². The van der Waals surface area contributed by atoms with E-state index in [1.54, 1.807) is 0 Å². The standard InChI is InChI=1S/C30H60/c1-7-9-11-12-19-25-29(5,24-16-10-8-2)30(6)26-20-14-13-17-22-28(3,4)23-18-15-21-27-30/h7-27H2,1-6H3. The van der Waals surface area contributed by atoms with E-state index in [2.05, 4.69) is 41.5 Å². The number of hydrogen-bond donors (Lipinski definition) is 0. The lowest BCUT2D eigenvalue weighted by Gasteiger charge is -2.48. The van der Waals surface area contributed by atoms with Crippen LogP contribution >= 0.6 is 0 Å². The van der Waals surface area contributed by atoms with Crippen LogP contribution in [0.3, 0.4) is 0 Å². The minimum Gasteiger partial charge on any atom is -0.0654 e. The molecule has 0 amide bonds. The first-order valence-electron chi connectivity index (χ1n) is 14.3. The summed E-state index contributed by atoms with van der Waals surface area (Å²) in [7, 11) is 0. The zero-order valence-electron chi connectivity index (χ0n) is 22.3. The second-order valence-corrected chi connectivity index (χ2v) is 12.4. The molecule has 0 aromatic carbocycles. The Labute approximate surface area is 192 Å². The molecule has 0 aromatic rings. The Morgan fingerprint density at radius 1 is 0.533 bits per heavy atom. The van der Waals surface area contributed by atoms with E-state index >= 15 is 0 Å². The van der Waals surface area contributed by atoms with E-state index in [-0.39, 0.29) is 0 Å². The Hall–Kier alpha value is 0. The van der Waals surface area contributed by atoms with Crippen LogP contribution in [0, 0.1) is 16.2 Å². The van der Waals surface area contributed by atoms with Crippen LogP contribution in [0.25, 0.3) is 0 Å². The number of unbranched alkanes of at least 4 members (excludes halogenated alkanes) is 6. The van der Waals surface area contributed by atoms with Gasteiger partial charge in [0.25, 0.3) is 0 Å². The first-order chi connectivity index (χ1) is 14.3. The van der Waals surface area contributed by atoms with Crippen molar-refractivity contribution in [2.75, 3.05) is 0 Å². The third-order valence-electron chi connectivity index (χ3n) is 9.04. The predicted octanol–water partition coefficient (Wildman–Crippen LogP) is 11.3. The Balaban J connectivity index is 2.82. The van der Waals surface area contributed by atoms with Gasteiger partial charge < -0.3 is 0 Å². The second kappa shape index (κ2) is 14.9. The van der Waals surface area contributed by atoms with Crippen LogP contribution < -0.4 is 0 Å². The maximum atomic E-state index is 2.72. The highest BCUT2D eigenvalue weighted by molar-refractivity contribution is 4.92. The first kappa shape index (κ1) is 28.0. The van der Waals surface area contributed by atoms with Crippen molar-refractivity contribution in [2.24, 2.45) is 16.2 Å². The Bertz CT molecular complexity index is 408. The SMILES string of the molecule is CCCCCCCC(C)(CCCCC)C1(C)CCCCCCC(C)(C)CCCCC1. The molecule has 1 saturated carbocycles. The minimum atomic E-state index is 0.549. The molecule has 0 saturated heterocycles. The van der Waals surface area contributed by atoms with E-state index < -0.39 is 0 Å². The van der Waals surface area contributed by atoms with E-state index in [1.807, 2.05) is 0 Å². The fraction of sp³-hybridized carbons (Fsp3) is 1.00. The third-order valence-corrected chi connectivity index (χ3v) is 9.04. The van der Waals surface area contributed by atoms with Gasteiger partial charge in [-0.1, -0.05) is 138 Å². The highest BCUT2D eigenvalue weighted by Crippen LogP contribution is 2.53. The van der Waals surface area contributed by atoms with Crippen LogP contribution in [-0.2, 0) is 0 Å². The van der Waals surface area contributed by atoms with Gasteiger partial charge in [0.15, 0.2) is 0 Å². The molecule has 0 radical (unpaired) electrons. The molecule has 0 bridgehead atoms. The smallest absolute Gasteiger partial charge is 0.0272 e. The summed E-state index contributed by atoms with van der Waals surface area (Å²) < 4.78 is 0. The van der Waals surface area contributed by atoms with Gasteiger partial charge in [0.1, 0.15) is 0 Å². The number of rotatable bonds is 11. The van der Waals surface area contributed by atoms with Crippen LogP contribution in [0.5, 0.6) is 0 Å². The molecular formula is C30H60. The summed E-state index contributed by atoms with van der Waals surface area (Å²) >= 11 is 0. The zero-order valence-corrected chi connectivity index (χ0v) is 22.3. The summed E-state index contributed by atoms with van der Waals surface area (Å²) in [6.45, 7) is 15.2. The van der Waals surface area contributed by atoms with Gasteiger partial charge >= 0.3 is 0 Å². The van der Waals surface area contributed by atoms with Crippen molar-refractivity contribution in [1.29, 1.82) is 0 Å². The normalized spacial score (nSPS) is 26.2. The molecule has 0 spiro atoms. The third kappa shape index (κ3) is 10.5. The lowest BCUT2D eigenvalue weighted by Crippen LogP contribution is -2.38. The Morgan fingerprint density at radius 3 is 1.47 bits per heavy atom. The summed E-state index contributed by atoms with van der Waals surface area (Å²) in [5.41, 5.74) is 1.67. The molecule has 1 aliphatic rings. The van der Waals surface area contributed by atoms with Crippen molar-refractivity contribution in [2.45, 2.75) is 176 Å². The van der Waals surface area contributed by atoms with Crippen LogP contribution in [0.1, 0.15) is 176 Å². The molecule has 1 aliphatic carbocycles. The molecule has 2 unspecified atom stereocenters. The summed E-state index contributed by atoms with van der Waals surface area (Å²) in [6, 6.07) is 0. The lowest BCUT2D eigenvalue weighted by molar-refractivity contribution is 0.0210. The quantitative estimate of drug-likeness (QED) is 0.291. The Kier molecular flexibility index (Phi) is 14.0. The molecule has 0 aromatic heterocycles. The van der Waals surface area contributed by atoms with Crippen LogP contribution in [0.2, 0.25) is 0 Å². The molecule has 0 nitrogen and oxygen atoms in total. The molecule has 0 aliphatic heterocycles. The average Bonchev–Trinajstić information content (AvgIpc) is 2.71. The molecule has 1 fully saturated rings. The topological polar surface area (TPSA) is 0 Å². The summed E-state index contributed by atoms with van der Waals surface area (Å²) in [5.74, 6) is 0. The van der Waals surface area contributed by atoms with Gasteiger partial charge in [0, 0.05) is 0 Å². The van der Waals surface area contributed by atoms with Gasteiger partial charge in [-0.3, -0.25) is 0 Å². The summed E-state index contributed by atoms with van der Waals surface area (Å²) in [5, 5.41) is 0. The van der Waals surface area contributed by atoms with Gasteiger partial charge in [0.05, 0.1) is 0 Å². The van der Waals surface area contributed by atoms with E-state index in [4.69, 9.17) is 0 Å². The monoisotopic (exact) mass is 420 g/mol. The molecule has 0 heterocycles. The lowest BCUT2D eigenvalue weighted by atomic mass is 9.57. The predicted molar refractivity (Wildman–Crippen MR) is 138 cm³/mol. The van der Waals surface area contributed by atoms with Crippen molar-refractivity contribution in [1.82, 2.24) is 0 Å². The largest absolute Gasteiger partial charge is 0.0654 e. The molecule has 1 rings (SSSR count). The van der Waals surface area contributed by atoms with E-state index in [9.17, 15) is 0 Å². The maximum absolute atomic E-state index is 2.72. The minimum absolute atomic E-state index is 0.549. The maximum Gasteiger partial charge on any atom is -0.0272 e.